The Kier molecular flexibility index (Phi) is 3.06. The zero-order chi connectivity index (χ0) is 13.2. The lowest BCUT2D eigenvalue weighted by Crippen LogP contribution is -2.39. The van der Waals surface area contributed by atoms with Crippen molar-refractivity contribution in [3.8, 4) is 0 Å². The molecule has 1 aliphatic heterocycles. The van der Waals surface area contributed by atoms with Crippen LogP contribution < -0.4 is 0 Å². The Bertz CT molecular complexity index is 559. The number of piperidine rings is 1. The number of hydrogen-bond donors (Lipinski definition) is 1. The molecular weight excluding hydrogens is 242 g/mol. The van der Waals surface area contributed by atoms with E-state index < -0.39 is 0 Å². The average Bonchev–Trinajstić information content (AvgIpc) is 3.09. The fraction of sp³-hybridized carbons (Fsp3) is 0.462. The van der Waals surface area contributed by atoms with Gasteiger partial charge in [0.25, 0.3) is 5.91 Å². The molecule has 3 rings (SSSR count). The fourth-order valence-electron chi connectivity index (χ4n) is 2.66. The van der Waals surface area contributed by atoms with E-state index in [1.807, 2.05) is 34.8 Å². The van der Waals surface area contributed by atoms with Crippen molar-refractivity contribution in [3.63, 3.8) is 0 Å². The number of nitrogens with zero attached hydrogens (tertiary/aromatic N) is 4. The van der Waals surface area contributed by atoms with E-state index >= 15 is 0 Å². The molecule has 0 radical (unpaired) electrons. The van der Waals surface area contributed by atoms with Gasteiger partial charge >= 0.3 is 0 Å². The number of hydrogen-bond acceptors (Lipinski definition) is 3. The lowest BCUT2D eigenvalue weighted by Gasteiger charge is -2.34. The number of carbonyl (C=O) groups excluding carboxylic acids is 1. The molecule has 1 amide bonds. The molecule has 0 saturated carbocycles. The SMILES string of the molecule is Cn1cccc1C(=O)N1CCCC[C@@H]1c1ncn[nH]1. The standard InChI is InChI=1S/C13H17N5O/c1-17-7-4-6-11(17)13(19)18-8-3-2-5-10(18)12-14-9-15-16-12/h4,6-7,9-10H,2-3,5,8H2,1H3,(H,14,15,16)/t10-/m1/s1. The summed E-state index contributed by atoms with van der Waals surface area (Å²) in [6, 6.07) is 3.76. The molecule has 1 aliphatic rings. The zero-order valence-corrected chi connectivity index (χ0v) is 10.9. The van der Waals surface area contributed by atoms with Crippen molar-refractivity contribution in [1.29, 1.82) is 0 Å². The lowest BCUT2D eigenvalue weighted by atomic mass is 10.0. The second-order valence-corrected chi connectivity index (χ2v) is 4.89. The van der Waals surface area contributed by atoms with Gasteiger partial charge in [0.1, 0.15) is 17.8 Å². The molecule has 0 aromatic carbocycles. The van der Waals surface area contributed by atoms with Gasteiger partial charge in [-0.15, -0.1) is 0 Å². The highest BCUT2D eigenvalue weighted by atomic mass is 16.2. The number of likely N-dealkylation sites (tertiary alicyclic amines) is 1. The van der Waals surface area contributed by atoms with Crippen LogP contribution in [0.5, 0.6) is 0 Å². The molecule has 0 bridgehead atoms. The van der Waals surface area contributed by atoms with E-state index in [4.69, 9.17) is 0 Å². The van der Waals surface area contributed by atoms with Gasteiger partial charge in [0, 0.05) is 19.8 Å². The number of aromatic amines is 1. The number of rotatable bonds is 2. The number of carbonyl (C=O) groups is 1. The van der Waals surface area contributed by atoms with Crippen LogP contribution in [0.4, 0.5) is 0 Å². The highest BCUT2D eigenvalue weighted by Crippen LogP contribution is 2.29. The largest absolute Gasteiger partial charge is 0.347 e. The quantitative estimate of drug-likeness (QED) is 0.889. The molecule has 0 spiro atoms. The summed E-state index contributed by atoms with van der Waals surface area (Å²) < 4.78 is 1.86. The molecule has 1 N–H and O–H groups in total. The minimum atomic E-state index is 0.0126. The first-order chi connectivity index (χ1) is 9.27. The lowest BCUT2D eigenvalue weighted by molar-refractivity contribution is 0.0590. The van der Waals surface area contributed by atoms with Crippen LogP contribution in [0.3, 0.4) is 0 Å². The maximum Gasteiger partial charge on any atom is 0.271 e. The first kappa shape index (κ1) is 12.0. The van der Waals surface area contributed by atoms with E-state index in [2.05, 4.69) is 15.2 Å². The van der Waals surface area contributed by atoms with Gasteiger partial charge in [-0.1, -0.05) is 0 Å². The van der Waals surface area contributed by atoms with Crippen molar-refractivity contribution in [1.82, 2.24) is 24.6 Å². The van der Waals surface area contributed by atoms with Gasteiger partial charge in [0.05, 0.1) is 6.04 Å². The van der Waals surface area contributed by atoms with Crippen LogP contribution in [-0.2, 0) is 7.05 Å². The van der Waals surface area contributed by atoms with Crippen LogP contribution in [0.15, 0.2) is 24.7 Å². The molecule has 19 heavy (non-hydrogen) atoms. The van der Waals surface area contributed by atoms with Gasteiger partial charge in [-0.3, -0.25) is 9.89 Å². The summed E-state index contributed by atoms with van der Waals surface area (Å²) in [5, 5.41) is 6.78. The Morgan fingerprint density at radius 1 is 1.47 bits per heavy atom. The van der Waals surface area contributed by atoms with Crippen LogP contribution in [0.2, 0.25) is 0 Å². The van der Waals surface area contributed by atoms with E-state index in [0.717, 1.165) is 31.6 Å². The van der Waals surface area contributed by atoms with E-state index in [1.165, 1.54) is 6.33 Å². The molecule has 2 aromatic rings. The predicted octanol–water partition coefficient (Wildman–Crippen LogP) is 1.51. The fourth-order valence-corrected chi connectivity index (χ4v) is 2.66. The van der Waals surface area contributed by atoms with Crippen LogP contribution >= 0.6 is 0 Å². The number of aromatic nitrogens is 4. The monoisotopic (exact) mass is 259 g/mol. The minimum absolute atomic E-state index is 0.0126. The molecule has 1 saturated heterocycles. The Labute approximate surface area is 111 Å². The molecule has 0 aliphatic carbocycles. The van der Waals surface area contributed by atoms with Crippen LogP contribution in [0, 0.1) is 0 Å². The van der Waals surface area contributed by atoms with Crippen LogP contribution in [0.1, 0.15) is 41.6 Å². The van der Waals surface area contributed by atoms with E-state index in [9.17, 15) is 4.79 Å². The summed E-state index contributed by atoms with van der Waals surface area (Å²) >= 11 is 0. The normalized spacial score (nSPS) is 19.6. The zero-order valence-electron chi connectivity index (χ0n) is 10.9. The van der Waals surface area contributed by atoms with Crippen LogP contribution in [0.25, 0.3) is 0 Å². The molecule has 6 heteroatoms. The van der Waals surface area contributed by atoms with Crippen molar-refractivity contribution in [2.24, 2.45) is 7.05 Å². The molecule has 0 unspecified atom stereocenters. The molecule has 1 fully saturated rings. The third-order valence-corrected chi connectivity index (χ3v) is 3.68. The summed E-state index contributed by atoms with van der Waals surface area (Å²) in [5.74, 6) is 0.843. The summed E-state index contributed by atoms with van der Waals surface area (Å²) in [7, 11) is 1.89. The van der Waals surface area contributed by atoms with Crippen molar-refractivity contribution >= 4 is 5.91 Å². The average molecular weight is 259 g/mol. The van der Waals surface area contributed by atoms with Gasteiger partial charge in [-0.25, -0.2) is 4.98 Å². The summed E-state index contributed by atoms with van der Waals surface area (Å²) in [6.07, 6.45) is 6.48. The summed E-state index contributed by atoms with van der Waals surface area (Å²) in [6.45, 7) is 0.773. The van der Waals surface area contributed by atoms with Crippen molar-refractivity contribution < 1.29 is 4.79 Å². The number of H-pyrrole nitrogens is 1. The maximum absolute atomic E-state index is 12.6. The topological polar surface area (TPSA) is 66.8 Å². The highest BCUT2D eigenvalue weighted by molar-refractivity contribution is 5.93. The Morgan fingerprint density at radius 3 is 3.05 bits per heavy atom. The van der Waals surface area contributed by atoms with Crippen molar-refractivity contribution in [3.05, 3.63) is 36.2 Å². The Balaban J connectivity index is 1.89. The predicted molar refractivity (Wildman–Crippen MR) is 69.4 cm³/mol. The van der Waals surface area contributed by atoms with Gasteiger partial charge in [0.2, 0.25) is 0 Å². The van der Waals surface area contributed by atoms with E-state index in [1.54, 1.807) is 0 Å². The summed E-state index contributed by atoms with van der Waals surface area (Å²) in [4.78, 5) is 18.7. The maximum atomic E-state index is 12.6. The molecule has 1 atom stereocenters. The van der Waals surface area contributed by atoms with Crippen molar-refractivity contribution in [2.45, 2.75) is 25.3 Å². The number of amides is 1. The third kappa shape index (κ3) is 2.14. The molecule has 2 aromatic heterocycles. The third-order valence-electron chi connectivity index (χ3n) is 3.68. The Morgan fingerprint density at radius 2 is 2.37 bits per heavy atom. The first-order valence-corrected chi connectivity index (χ1v) is 6.55. The molecule has 6 nitrogen and oxygen atoms in total. The molecule has 100 valence electrons. The minimum Gasteiger partial charge on any atom is -0.347 e. The van der Waals surface area contributed by atoms with E-state index in [0.29, 0.717) is 5.69 Å². The molecular formula is C13H17N5O. The van der Waals surface area contributed by atoms with Gasteiger partial charge in [-0.05, 0) is 31.4 Å². The smallest absolute Gasteiger partial charge is 0.271 e. The second-order valence-electron chi connectivity index (χ2n) is 4.89. The van der Waals surface area contributed by atoms with Crippen LogP contribution in [-0.4, -0.2) is 37.1 Å². The van der Waals surface area contributed by atoms with Crippen molar-refractivity contribution in [2.75, 3.05) is 6.54 Å². The van der Waals surface area contributed by atoms with Gasteiger partial charge < -0.3 is 9.47 Å². The van der Waals surface area contributed by atoms with E-state index in [-0.39, 0.29) is 11.9 Å². The van der Waals surface area contributed by atoms with Gasteiger partial charge in [0.15, 0.2) is 0 Å². The summed E-state index contributed by atoms with van der Waals surface area (Å²) in [5.41, 5.74) is 0.714. The van der Waals surface area contributed by atoms with Gasteiger partial charge in [-0.2, -0.15) is 5.10 Å². The second kappa shape index (κ2) is 4.87. The first-order valence-electron chi connectivity index (χ1n) is 6.55. The number of nitrogens with one attached hydrogen (secondary N) is 1. The molecule has 3 heterocycles. The Hall–Kier alpha value is -2.11. The number of aryl methyl sites for hydroxylation is 1. The highest BCUT2D eigenvalue weighted by Gasteiger charge is 2.31.